The van der Waals surface area contributed by atoms with Gasteiger partial charge < -0.3 is 19.7 Å². The number of hydrogen-bond donors (Lipinski definition) is 1. The highest BCUT2D eigenvalue weighted by atomic mass is 127. The third-order valence-corrected chi connectivity index (χ3v) is 3.89. The number of rotatable bonds is 8. The number of nitrogens with zero attached hydrogens (tertiary/aromatic N) is 2. The van der Waals surface area contributed by atoms with Crippen LogP contribution in [0.15, 0.2) is 4.99 Å². The number of guanidine groups is 1. The maximum absolute atomic E-state index is 5.67. The Morgan fingerprint density at radius 1 is 1.36 bits per heavy atom. The molecule has 1 N–H and O–H groups in total. The molecule has 5 nitrogen and oxygen atoms in total. The molecule has 0 aromatic heterocycles. The van der Waals surface area contributed by atoms with Gasteiger partial charge in [-0.25, -0.2) is 0 Å². The van der Waals surface area contributed by atoms with E-state index in [1.165, 1.54) is 12.8 Å². The fourth-order valence-corrected chi connectivity index (χ4v) is 2.15. The minimum absolute atomic E-state index is 0. The van der Waals surface area contributed by atoms with Crippen LogP contribution in [0.2, 0.25) is 0 Å². The molecule has 0 aliphatic heterocycles. The first-order chi connectivity index (χ1) is 9.88. The van der Waals surface area contributed by atoms with Gasteiger partial charge in [-0.2, -0.15) is 0 Å². The maximum atomic E-state index is 5.67. The Bertz CT molecular complexity index is 328. The number of likely N-dealkylation sites (N-methyl/N-ethyl adjacent to an activating group) is 1. The van der Waals surface area contributed by atoms with Crippen LogP contribution in [0.25, 0.3) is 0 Å². The van der Waals surface area contributed by atoms with Crippen molar-refractivity contribution in [3.63, 3.8) is 0 Å². The Morgan fingerprint density at radius 2 is 2.00 bits per heavy atom. The van der Waals surface area contributed by atoms with Crippen molar-refractivity contribution < 1.29 is 9.47 Å². The van der Waals surface area contributed by atoms with Crippen LogP contribution >= 0.6 is 24.0 Å². The van der Waals surface area contributed by atoms with Gasteiger partial charge >= 0.3 is 0 Å². The molecule has 1 aliphatic carbocycles. The van der Waals surface area contributed by atoms with E-state index in [9.17, 15) is 0 Å². The summed E-state index contributed by atoms with van der Waals surface area (Å²) in [6.45, 7) is 9.80. The molecule has 1 atom stereocenters. The summed E-state index contributed by atoms with van der Waals surface area (Å²) < 4.78 is 11.2. The Balaban J connectivity index is 0.00000441. The van der Waals surface area contributed by atoms with Gasteiger partial charge in [0, 0.05) is 40.9 Å². The first-order valence-corrected chi connectivity index (χ1v) is 7.90. The maximum Gasteiger partial charge on any atom is 0.193 e. The molecule has 0 heterocycles. The number of halogens is 1. The second kappa shape index (κ2) is 10.6. The molecule has 1 aliphatic rings. The molecule has 0 saturated heterocycles. The molecule has 1 fully saturated rings. The highest BCUT2D eigenvalue weighted by molar-refractivity contribution is 14.0. The number of hydrogen-bond acceptors (Lipinski definition) is 3. The summed E-state index contributed by atoms with van der Waals surface area (Å²) in [6.07, 6.45) is 2.82. The van der Waals surface area contributed by atoms with Crippen molar-refractivity contribution in [2.75, 3.05) is 47.5 Å². The van der Waals surface area contributed by atoms with Crippen molar-refractivity contribution in [2.45, 2.75) is 39.7 Å². The van der Waals surface area contributed by atoms with Gasteiger partial charge in [0.15, 0.2) is 5.96 Å². The molecule has 0 amide bonds. The molecule has 0 spiro atoms. The zero-order chi connectivity index (χ0) is 15.9. The normalized spacial score (nSPS) is 16.9. The van der Waals surface area contributed by atoms with E-state index in [1.807, 2.05) is 14.1 Å². The van der Waals surface area contributed by atoms with E-state index < -0.39 is 0 Å². The summed E-state index contributed by atoms with van der Waals surface area (Å²) in [5.41, 5.74) is 0.104. The quantitative estimate of drug-likeness (QED) is 0.280. The summed E-state index contributed by atoms with van der Waals surface area (Å²) in [4.78, 5) is 6.42. The Kier molecular flexibility index (Phi) is 10.6. The van der Waals surface area contributed by atoms with Gasteiger partial charge in [-0.3, -0.25) is 4.99 Å². The van der Waals surface area contributed by atoms with Crippen LogP contribution in [0, 0.1) is 11.3 Å². The minimum Gasteiger partial charge on any atom is -0.379 e. The Labute approximate surface area is 153 Å². The van der Waals surface area contributed by atoms with Crippen LogP contribution < -0.4 is 5.32 Å². The van der Waals surface area contributed by atoms with Crippen molar-refractivity contribution in [2.24, 2.45) is 16.3 Å². The monoisotopic (exact) mass is 427 g/mol. The highest BCUT2D eigenvalue weighted by Crippen LogP contribution is 2.28. The largest absolute Gasteiger partial charge is 0.379 e. The van der Waals surface area contributed by atoms with Crippen molar-refractivity contribution in [1.82, 2.24) is 10.2 Å². The van der Waals surface area contributed by atoms with E-state index in [4.69, 9.17) is 9.47 Å². The smallest absolute Gasteiger partial charge is 0.193 e. The molecule has 0 aromatic rings. The summed E-state index contributed by atoms with van der Waals surface area (Å²) in [5, 5.41) is 3.38. The van der Waals surface area contributed by atoms with E-state index in [-0.39, 0.29) is 35.5 Å². The van der Waals surface area contributed by atoms with Gasteiger partial charge in [0.25, 0.3) is 0 Å². The molecular formula is C16H34IN3O2. The molecule has 6 heteroatoms. The molecule has 1 rings (SSSR count). The standard InChI is InChI=1S/C16H33N3O2.HI/c1-16(2,3)14(20-6)11-18-15(17-4)19(5)9-10-21-12-13-7-8-13;/h13-14H,7-12H2,1-6H3,(H,17,18);1H. The van der Waals surface area contributed by atoms with Gasteiger partial charge in [-0.1, -0.05) is 20.8 Å². The van der Waals surface area contributed by atoms with Crippen LogP contribution in [-0.2, 0) is 9.47 Å². The number of methoxy groups -OCH3 is 1. The molecule has 132 valence electrons. The van der Waals surface area contributed by atoms with Crippen molar-refractivity contribution >= 4 is 29.9 Å². The predicted octanol–water partition coefficient (Wildman–Crippen LogP) is 2.60. The van der Waals surface area contributed by atoms with E-state index >= 15 is 0 Å². The van der Waals surface area contributed by atoms with E-state index in [0.29, 0.717) is 0 Å². The van der Waals surface area contributed by atoms with Gasteiger partial charge in [0.05, 0.1) is 12.7 Å². The van der Waals surface area contributed by atoms with Crippen LogP contribution in [0.4, 0.5) is 0 Å². The topological polar surface area (TPSA) is 46.1 Å². The predicted molar refractivity (Wildman–Crippen MR) is 103 cm³/mol. The molecule has 1 saturated carbocycles. The lowest BCUT2D eigenvalue weighted by Crippen LogP contribution is -2.46. The average molecular weight is 427 g/mol. The van der Waals surface area contributed by atoms with Crippen molar-refractivity contribution in [3.05, 3.63) is 0 Å². The van der Waals surface area contributed by atoms with E-state index in [0.717, 1.165) is 38.2 Å². The minimum atomic E-state index is 0. The molecule has 1 unspecified atom stereocenters. The number of ether oxygens (including phenoxy) is 2. The first kappa shape index (κ1) is 21.9. The fourth-order valence-electron chi connectivity index (χ4n) is 2.15. The number of nitrogens with one attached hydrogen (secondary N) is 1. The highest BCUT2D eigenvalue weighted by Gasteiger charge is 2.25. The first-order valence-electron chi connectivity index (χ1n) is 7.90. The van der Waals surface area contributed by atoms with Crippen LogP contribution in [0.5, 0.6) is 0 Å². The summed E-state index contributed by atoms with van der Waals surface area (Å²) >= 11 is 0. The average Bonchev–Trinajstić information content (AvgIpc) is 3.22. The molecule has 22 heavy (non-hydrogen) atoms. The third kappa shape index (κ3) is 8.53. The Hall–Kier alpha value is -0.0800. The van der Waals surface area contributed by atoms with Crippen molar-refractivity contribution in [3.8, 4) is 0 Å². The van der Waals surface area contributed by atoms with Crippen LogP contribution in [0.1, 0.15) is 33.6 Å². The molecule has 0 radical (unpaired) electrons. The van der Waals surface area contributed by atoms with Crippen LogP contribution in [0.3, 0.4) is 0 Å². The fraction of sp³-hybridized carbons (Fsp3) is 0.938. The van der Waals surface area contributed by atoms with Gasteiger partial charge in [0.1, 0.15) is 0 Å². The lowest BCUT2D eigenvalue weighted by atomic mass is 9.89. The second-order valence-electron chi connectivity index (χ2n) is 6.96. The van der Waals surface area contributed by atoms with Gasteiger partial charge in [-0.05, 0) is 24.2 Å². The summed E-state index contributed by atoms with van der Waals surface area (Å²) in [5.74, 6) is 1.71. The SMILES string of the molecule is CN=C(NCC(OC)C(C)(C)C)N(C)CCOCC1CC1.I. The summed E-state index contributed by atoms with van der Waals surface area (Å²) in [7, 11) is 5.60. The lowest BCUT2D eigenvalue weighted by molar-refractivity contribution is 0.0201. The van der Waals surface area contributed by atoms with Crippen molar-refractivity contribution in [1.29, 1.82) is 0 Å². The molecule has 0 aromatic carbocycles. The zero-order valence-electron chi connectivity index (χ0n) is 15.0. The second-order valence-corrected chi connectivity index (χ2v) is 6.96. The lowest BCUT2D eigenvalue weighted by Gasteiger charge is -2.31. The number of aliphatic imine (C=N–C) groups is 1. The van der Waals surface area contributed by atoms with Gasteiger partial charge in [0.2, 0.25) is 0 Å². The molecule has 0 bridgehead atoms. The summed E-state index contributed by atoms with van der Waals surface area (Å²) in [6, 6.07) is 0. The zero-order valence-corrected chi connectivity index (χ0v) is 17.3. The van der Waals surface area contributed by atoms with E-state index in [1.54, 1.807) is 7.11 Å². The van der Waals surface area contributed by atoms with Crippen LogP contribution in [-0.4, -0.2) is 64.5 Å². The molecular weight excluding hydrogens is 393 g/mol. The Morgan fingerprint density at radius 3 is 2.45 bits per heavy atom. The van der Waals surface area contributed by atoms with Gasteiger partial charge in [-0.15, -0.1) is 24.0 Å². The van der Waals surface area contributed by atoms with E-state index in [2.05, 4.69) is 36.0 Å². The third-order valence-electron chi connectivity index (χ3n) is 3.89.